The summed E-state index contributed by atoms with van der Waals surface area (Å²) in [4.78, 5) is 14.3. The van der Waals surface area contributed by atoms with E-state index in [1.54, 1.807) is 6.07 Å². The molecule has 1 fully saturated rings. The average Bonchev–Trinajstić information content (AvgIpc) is 2.52. The van der Waals surface area contributed by atoms with Crippen LogP contribution in [0.4, 0.5) is 4.39 Å². The van der Waals surface area contributed by atoms with E-state index >= 15 is 0 Å². The zero-order valence-electron chi connectivity index (χ0n) is 6.96. The Kier molecular flexibility index (Phi) is 1.96. The highest BCUT2D eigenvalue weighted by Crippen LogP contribution is 2.22. The molecule has 1 unspecified atom stereocenters. The largest absolute Gasteiger partial charge is 0.355 e. The van der Waals surface area contributed by atoms with Crippen molar-refractivity contribution in [3.05, 3.63) is 29.8 Å². The van der Waals surface area contributed by atoms with E-state index in [-0.39, 0.29) is 11.8 Å². The second-order valence-electron chi connectivity index (χ2n) is 3.12. The molecule has 2 heterocycles. The summed E-state index contributed by atoms with van der Waals surface area (Å²) in [7, 11) is 0. The van der Waals surface area contributed by atoms with Gasteiger partial charge in [0, 0.05) is 25.1 Å². The minimum atomic E-state index is -0.489. The highest BCUT2D eigenvalue weighted by atomic mass is 19.1. The highest BCUT2D eigenvalue weighted by molar-refractivity contribution is 5.79. The normalized spacial score (nSPS) is 21.6. The van der Waals surface area contributed by atoms with Crippen molar-refractivity contribution < 1.29 is 9.18 Å². The van der Waals surface area contributed by atoms with E-state index in [2.05, 4.69) is 10.3 Å². The Labute approximate surface area is 75.0 Å². The molecular formula is C9H9FN2O. The van der Waals surface area contributed by atoms with Crippen molar-refractivity contribution in [3.63, 3.8) is 0 Å². The van der Waals surface area contributed by atoms with Crippen LogP contribution < -0.4 is 5.32 Å². The van der Waals surface area contributed by atoms with Crippen LogP contribution in [0.3, 0.4) is 0 Å². The SMILES string of the molecule is O=C1CC(c2ccnc(F)c2)CN1. The predicted octanol–water partition coefficient (Wildman–Crippen LogP) is 0.824. The van der Waals surface area contributed by atoms with Gasteiger partial charge in [-0.1, -0.05) is 0 Å². The third-order valence-electron chi connectivity index (χ3n) is 2.20. The zero-order valence-corrected chi connectivity index (χ0v) is 6.96. The van der Waals surface area contributed by atoms with Crippen molar-refractivity contribution in [2.24, 2.45) is 0 Å². The van der Waals surface area contributed by atoms with Crippen LogP contribution in [0.15, 0.2) is 18.3 Å². The molecule has 1 amide bonds. The van der Waals surface area contributed by atoms with Crippen LogP contribution in [0, 0.1) is 5.95 Å². The Morgan fingerprint density at radius 1 is 1.62 bits per heavy atom. The molecule has 2 rings (SSSR count). The molecule has 4 heteroatoms. The van der Waals surface area contributed by atoms with Crippen LogP contribution in [-0.2, 0) is 4.79 Å². The van der Waals surface area contributed by atoms with E-state index in [1.807, 2.05) is 0 Å². The molecular weight excluding hydrogens is 171 g/mol. The lowest BCUT2D eigenvalue weighted by molar-refractivity contribution is -0.119. The molecule has 1 aliphatic rings. The van der Waals surface area contributed by atoms with Gasteiger partial charge in [-0.05, 0) is 17.7 Å². The van der Waals surface area contributed by atoms with Gasteiger partial charge in [-0.3, -0.25) is 4.79 Å². The number of halogens is 1. The summed E-state index contributed by atoms with van der Waals surface area (Å²) in [5.74, 6) is -0.357. The van der Waals surface area contributed by atoms with Crippen LogP contribution in [0.1, 0.15) is 17.9 Å². The quantitative estimate of drug-likeness (QED) is 0.650. The van der Waals surface area contributed by atoms with Gasteiger partial charge >= 0.3 is 0 Å². The minimum absolute atomic E-state index is 0.0298. The molecule has 1 atom stereocenters. The lowest BCUT2D eigenvalue weighted by Gasteiger charge is -2.05. The Bertz CT molecular complexity index is 340. The van der Waals surface area contributed by atoms with Gasteiger partial charge in [0.25, 0.3) is 0 Å². The van der Waals surface area contributed by atoms with Crippen LogP contribution >= 0.6 is 0 Å². The van der Waals surface area contributed by atoms with Crippen LogP contribution in [0.2, 0.25) is 0 Å². The summed E-state index contributed by atoms with van der Waals surface area (Å²) in [6.45, 7) is 0.599. The molecule has 13 heavy (non-hydrogen) atoms. The molecule has 1 N–H and O–H groups in total. The number of aromatic nitrogens is 1. The molecule has 1 aliphatic heterocycles. The third-order valence-corrected chi connectivity index (χ3v) is 2.20. The average molecular weight is 180 g/mol. The molecule has 1 aromatic rings. The Morgan fingerprint density at radius 3 is 3.08 bits per heavy atom. The third kappa shape index (κ3) is 1.66. The summed E-state index contributed by atoms with van der Waals surface area (Å²) in [6, 6.07) is 3.12. The van der Waals surface area contributed by atoms with Crippen molar-refractivity contribution in [2.45, 2.75) is 12.3 Å². The topological polar surface area (TPSA) is 42.0 Å². The fraction of sp³-hybridized carbons (Fsp3) is 0.333. The number of carbonyl (C=O) groups excluding carboxylic acids is 1. The first-order valence-electron chi connectivity index (χ1n) is 4.14. The van der Waals surface area contributed by atoms with E-state index < -0.39 is 5.95 Å². The van der Waals surface area contributed by atoms with Crippen LogP contribution in [0.25, 0.3) is 0 Å². The monoisotopic (exact) mass is 180 g/mol. The van der Waals surface area contributed by atoms with Gasteiger partial charge in [-0.15, -0.1) is 0 Å². The number of hydrogen-bond acceptors (Lipinski definition) is 2. The second kappa shape index (κ2) is 3.12. The number of amides is 1. The first-order valence-corrected chi connectivity index (χ1v) is 4.14. The molecule has 0 aliphatic carbocycles. The second-order valence-corrected chi connectivity index (χ2v) is 3.12. The summed E-state index contributed by atoms with van der Waals surface area (Å²) in [5.41, 5.74) is 0.839. The zero-order chi connectivity index (χ0) is 9.26. The Balaban J connectivity index is 2.21. The first kappa shape index (κ1) is 8.16. The predicted molar refractivity (Wildman–Crippen MR) is 44.6 cm³/mol. The number of carbonyl (C=O) groups is 1. The number of hydrogen-bond donors (Lipinski definition) is 1. The summed E-state index contributed by atoms with van der Waals surface area (Å²) < 4.78 is 12.7. The van der Waals surface area contributed by atoms with E-state index in [0.717, 1.165) is 5.56 Å². The van der Waals surface area contributed by atoms with Crippen molar-refractivity contribution in [2.75, 3.05) is 6.54 Å². The highest BCUT2D eigenvalue weighted by Gasteiger charge is 2.22. The van der Waals surface area contributed by atoms with Crippen molar-refractivity contribution in [1.29, 1.82) is 0 Å². The lowest BCUT2D eigenvalue weighted by atomic mass is 10.00. The van der Waals surface area contributed by atoms with Crippen LogP contribution in [0.5, 0.6) is 0 Å². The number of rotatable bonds is 1. The maximum Gasteiger partial charge on any atom is 0.220 e. The maximum atomic E-state index is 12.7. The molecule has 68 valence electrons. The van der Waals surface area contributed by atoms with Gasteiger partial charge in [0.15, 0.2) is 0 Å². The molecule has 1 saturated heterocycles. The van der Waals surface area contributed by atoms with Gasteiger partial charge in [-0.25, -0.2) is 4.98 Å². The van der Waals surface area contributed by atoms with E-state index in [1.165, 1.54) is 12.3 Å². The van der Waals surface area contributed by atoms with E-state index in [9.17, 15) is 9.18 Å². The molecule has 0 spiro atoms. The lowest BCUT2D eigenvalue weighted by Crippen LogP contribution is -2.13. The maximum absolute atomic E-state index is 12.7. The molecule has 0 aromatic carbocycles. The van der Waals surface area contributed by atoms with E-state index in [4.69, 9.17) is 0 Å². The molecule has 0 saturated carbocycles. The Morgan fingerprint density at radius 2 is 2.46 bits per heavy atom. The first-order chi connectivity index (χ1) is 6.25. The van der Waals surface area contributed by atoms with Gasteiger partial charge < -0.3 is 5.32 Å². The van der Waals surface area contributed by atoms with E-state index in [0.29, 0.717) is 13.0 Å². The van der Waals surface area contributed by atoms with Crippen molar-refractivity contribution in [3.8, 4) is 0 Å². The van der Waals surface area contributed by atoms with Crippen molar-refractivity contribution >= 4 is 5.91 Å². The molecule has 0 bridgehead atoms. The summed E-state index contributed by atoms with van der Waals surface area (Å²) >= 11 is 0. The molecule has 0 radical (unpaired) electrons. The van der Waals surface area contributed by atoms with Crippen LogP contribution in [-0.4, -0.2) is 17.4 Å². The van der Waals surface area contributed by atoms with Gasteiger partial charge in [-0.2, -0.15) is 4.39 Å². The number of pyridine rings is 1. The molecule has 3 nitrogen and oxygen atoms in total. The summed E-state index contributed by atoms with van der Waals surface area (Å²) in [6.07, 6.45) is 1.87. The van der Waals surface area contributed by atoms with Gasteiger partial charge in [0.2, 0.25) is 11.9 Å². The minimum Gasteiger partial charge on any atom is -0.355 e. The summed E-state index contributed by atoms with van der Waals surface area (Å²) in [5, 5.41) is 2.71. The fourth-order valence-corrected chi connectivity index (χ4v) is 1.51. The Hall–Kier alpha value is -1.45. The van der Waals surface area contributed by atoms with Crippen molar-refractivity contribution in [1.82, 2.24) is 10.3 Å². The number of nitrogens with one attached hydrogen (secondary N) is 1. The van der Waals surface area contributed by atoms with Gasteiger partial charge in [0.1, 0.15) is 0 Å². The fourth-order valence-electron chi connectivity index (χ4n) is 1.51. The number of nitrogens with zero attached hydrogens (tertiary/aromatic N) is 1. The smallest absolute Gasteiger partial charge is 0.220 e. The standard InChI is InChI=1S/C9H9FN2O/c10-8-3-6(1-2-11-8)7-4-9(13)12-5-7/h1-3,7H,4-5H2,(H,12,13). The molecule has 1 aromatic heterocycles. The van der Waals surface area contributed by atoms with Gasteiger partial charge in [0.05, 0.1) is 0 Å².